The SMILES string of the molecule is COc1cc(CNC(=O)C2CSC34C=CC=CC3=NCCC24)cc(OC)c1.Cl. The van der Waals surface area contributed by atoms with Crippen LogP contribution in [-0.4, -0.2) is 42.9 Å². The van der Waals surface area contributed by atoms with Gasteiger partial charge in [0.1, 0.15) is 11.5 Å². The maximum absolute atomic E-state index is 13.0. The summed E-state index contributed by atoms with van der Waals surface area (Å²) in [4.78, 5) is 17.7. The molecule has 1 saturated heterocycles. The first-order valence-corrected chi connectivity index (χ1v) is 10.2. The molecule has 3 aliphatic rings. The molecule has 1 N–H and O–H groups in total. The van der Waals surface area contributed by atoms with Crippen LogP contribution in [0.2, 0.25) is 0 Å². The highest BCUT2D eigenvalue weighted by Crippen LogP contribution is 2.52. The van der Waals surface area contributed by atoms with Crippen LogP contribution in [-0.2, 0) is 11.3 Å². The lowest BCUT2D eigenvalue weighted by molar-refractivity contribution is -0.125. The van der Waals surface area contributed by atoms with E-state index < -0.39 is 0 Å². The van der Waals surface area contributed by atoms with Crippen molar-refractivity contribution in [2.75, 3.05) is 26.5 Å². The molecule has 2 aliphatic heterocycles. The Balaban J connectivity index is 0.00000225. The minimum absolute atomic E-state index is 0. The van der Waals surface area contributed by atoms with E-state index in [1.165, 1.54) is 0 Å². The molecule has 1 amide bonds. The molecule has 0 radical (unpaired) electrons. The number of aliphatic imine (C=N–C) groups is 1. The van der Waals surface area contributed by atoms with Gasteiger partial charge < -0.3 is 14.8 Å². The fourth-order valence-corrected chi connectivity index (χ4v) is 6.00. The van der Waals surface area contributed by atoms with Crippen LogP contribution in [0.15, 0.2) is 47.5 Å². The van der Waals surface area contributed by atoms with E-state index in [4.69, 9.17) is 14.5 Å². The van der Waals surface area contributed by atoms with Crippen LogP contribution in [0.5, 0.6) is 11.5 Å². The standard InChI is InChI=1S/C21H24N2O3S.ClH/c1-25-15-9-14(10-16(11-15)26-2)12-23-20(24)17-13-27-21-7-4-3-5-19(21)22-8-6-18(17)21;/h3-5,7,9-11,17-18H,6,8,12-13H2,1-2H3,(H,23,24);1H. The number of rotatable bonds is 5. The Morgan fingerprint density at radius 3 is 2.71 bits per heavy atom. The molecule has 1 spiro atoms. The average molecular weight is 421 g/mol. The fraction of sp³-hybridized carbons (Fsp3) is 0.429. The molecule has 1 aromatic carbocycles. The maximum Gasteiger partial charge on any atom is 0.224 e. The number of halogens is 1. The van der Waals surface area contributed by atoms with E-state index >= 15 is 0 Å². The van der Waals surface area contributed by atoms with Gasteiger partial charge in [-0.3, -0.25) is 9.79 Å². The van der Waals surface area contributed by atoms with Crippen LogP contribution in [0.4, 0.5) is 0 Å². The zero-order valence-electron chi connectivity index (χ0n) is 16.0. The van der Waals surface area contributed by atoms with Gasteiger partial charge in [-0.05, 0) is 36.1 Å². The van der Waals surface area contributed by atoms with Crippen molar-refractivity contribution in [2.45, 2.75) is 17.7 Å². The molecule has 1 fully saturated rings. The van der Waals surface area contributed by atoms with Crippen LogP contribution < -0.4 is 14.8 Å². The Hall–Kier alpha value is -1.92. The molecule has 28 heavy (non-hydrogen) atoms. The molecule has 1 aliphatic carbocycles. The molecule has 3 unspecified atom stereocenters. The molecule has 0 bridgehead atoms. The van der Waals surface area contributed by atoms with Crippen molar-refractivity contribution < 1.29 is 14.3 Å². The minimum atomic E-state index is -0.117. The second-order valence-electron chi connectivity index (χ2n) is 7.03. The van der Waals surface area contributed by atoms with E-state index in [1.807, 2.05) is 36.0 Å². The Kier molecular flexibility index (Phi) is 6.40. The Morgan fingerprint density at radius 2 is 2.00 bits per heavy atom. The first-order chi connectivity index (χ1) is 13.2. The third kappa shape index (κ3) is 3.67. The highest BCUT2D eigenvalue weighted by atomic mass is 35.5. The fourth-order valence-electron chi connectivity index (χ4n) is 4.21. The van der Waals surface area contributed by atoms with Crippen molar-refractivity contribution in [2.24, 2.45) is 16.8 Å². The van der Waals surface area contributed by atoms with Gasteiger partial charge in [0.15, 0.2) is 0 Å². The number of nitrogens with one attached hydrogen (secondary N) is 1. The predicted octanol–water partition coefficient (Wildman–Crippen LogP) is 3.43. The van der Waals surface area contributed by atoms with Gasteiger partial charge in [-0.15, -0.1) is 24.2 Å². The topological polar surface area (TPSA) is 59.9 Å². The second-order valence-corrected chi connectivity index (χ2v) is 8.33. The van der Waals surface area contributed by atoms with Crippen molar-refractivity contribution in [3.8, 4) is 11.5 Å². The average Bonchev–Trinajstić information content (AvgIpc) is 3.09. The van der Waals surface area contributed by atoms with Crippen molar-refractivity contribution in [3.63, 3.8) is 0 Å². The van der Waals surface area contributed by atoms with Gasteiger partial charge in [0.05, 0.1) is 30.6 Å². The van der Waals surface area contributed by atoms with Gasteiger partial charge in [0, 0.05) is 24.9 Å². The van der Waals surface area contributed by atoms with Gasteiger partial charge >= 0.3 is 0 Å². The van der Waals surface area contributed by atoms with E-state index in [-0.39, 0.29) is 29.0 Å². The third-order valence-corrected chi connectivity index (χ3v) is 7.24. The van der Waals surface area contributed by atoms with Crippen molar-refractivity contribution in [1.29, 1.82) is 0 Å². The normalized spacial score (nSPS) is 27.1. The minimum Gasteiger partial charge on any atom is -0.497 e. The number of methoxy groups -OCH3 is 2. The summed E-state index contributed by atoms with van der Waals surface area (Å²) in [6.07, 6.45) is 9.42. The summed E-state index contributed by atoms with van der Waals surface area (Å²) in [5.74, 6) is 2.70. The van der Waals surface area contributed by atoms with Crippen LogP contribution in [0.3, 0.4) is 0 Å². The summed E-state index contributed by atoms with van der Waals surface area (Å²) < 4.78 is 10.5. The second kappa shape index (κ2) is 8.62. The monoisotopic (exact) mass is 420 g/mol. The number of carbonyl (C=O) groups is 1. The maximum atomic E-state index is 13.0. The quantitative estimate of drug-likeness (QED) is 0.792. The smallest absolute Gasteiger partial charge is 0.224 e. The van der Waals surface area contributed by atoms with E-state index in [0.717, 1.165) is 41.5 Å². The summed E-state index contributed by atoms with van der Waals surface area (Å²) in [7, 11) is 3.25. The van der Waals surface area contributed by atoms with Crippen molar-refractivity contribution in [3.05, 3.63) is 48.1 Å². The van der Waals surface area contributed by atoms with Gasteiger partial charge in [-0.2, -0.15) is 0 Å². The molecule has 150 valence electrons. The number of benzene rings is 1. The molecule has 2 heterocycles. The Morgan fingerprint density at radius 1 is 1.25 bits per heavy atom. The van der Waals surface area contributed by atoms with Crippen LogP contribution in [0.25, 0.3) is 0 Å². The number of amides is 1. The van der Waals surface area contributed by atoms with Gasteiger partial charge in [-0.25, -0.2) is 0 Å². The van der Waals surface area contributed by atoms with Crippen molar-refractivity contribution >= 4 is 35.8 Å². The number of carbonyl (C=O) groups excluding carboxylic acids is 1. The lowest BCUT2D eigenvalue weighted by atomic mass is 9.74. The zero-order valence-corrected chi connectivity index (χ0v) is 17.6. The van der Waals surface area contributed by atoms with Crippen LogP contribution >= 0.6 is 24.2 Å². The summed E-state index contributed by atoms with van der Waals surface area (Å²) in [5.41, 5.74) is 2.09. The molecule has 7 heteroatoms. The van der Waals surface area contributed by atoms with Gasteiger partial charge in [0.25, 0.3) is 0 Å². The Labute approximate surface area is 176 Å². The molecular formula is C21H25ClN2O3S. The summed E-state index contributed by atoms with van der Waals surface area (Å²) >= 11 is 1.86. The molecule has 4 rings (SSSR count). The zero-order chi connectivity index (χ0) is 18.9. The summed E-state index contributed by atoms with van der Waals surface area (Å²) in [6, 6.07) is 5.68. The third-order valence-electron chi connectivity index (χ3n) is 5.58. The number of allylic oxidation sites excluding steroid dienone is 3. The number of hydrogen-bond donors (Lipinski definition) is 1. The highest BCUT2D eigenvalue weighted by molar-refractivity contribution is 8.02. The first-order valence-electron chi connectivity index (χ1n) is 9.21. The molecular weight excluding hydrogens is 396 g/mol. The highest BCUT2D eigenvalue weighted by Gasteiger charge is 2.53. The molecule has 0 saturated carbocycles. The van der Waals surface area contributed by atoms with Gasteiger partial charge in [0.2, 0.25) is 5.91 Å². The van der Waals surface area contributed by atoms with Crippen LogP contribution in [0.1, 0.15) is 12.0 Å². The molecule has 1 aromatic rings. The van der Waals surface area contributed by atoms with Crippen LogP contribution in [0, 0.1) is 11.8 Å². The van der Waals surface area contributed by atoms with Crippen molar-refractivity contribution in [1.82, 2.24) is 5.32 Å². The Bertz CT molecular complexity index is 817. The van der Waals surface area contributed by atoms with E-state index in [1.54, 1.807) is 14.2 Å². The van der Waals surface area contributed by atoms with E-state index in [2.05, 4.69) is 23.5 Å². The number of nitrogens with zero attached hydrogens (tertiary/aromatic N) is 1. The summed E-state index contributed by atoms with van der Waals surface area (Å²) in [5, 5.41) is 3.12. The number of ether oxygens (including phenoxy) is 2. The molecule has 3 atom stereocenters. The first kappa shape index (κ1) is 20.8. The largest absolute Gasteiger partial charge is 0.497 e. The molecule has 5 nitrogen and oxygen atoms in total. The number of hydrogen-bond acceptors (Lipinski definition) is 5. The van der Waals surface area contributed by atoms with E-state index in [9.17, 15) is 4.79 Å². The number of thioether (sulfide) groups is 1. The summed E-state index contributed by atoms with van der Waals surface area (Å²) in [6.45, 7) is 1.27. The predicted molar refractivity (Wildman–Crippen MR) is 116 cm³/mol. The lowest BCUT2D eigenvalue weighted by Crippen LogP contribution is -2.46. The molecule has 0 aromatic heterocycles. The van der Waals surface area contributed by atoms with E-state index in [0.29, 0.717) is 12.5 Å². The lowest BCUT2D eigenvalue weighted by Gasteiger charge is -2.38. The van der Waals surface area contributed by atoms with Gasteiger partial charge in [-0.1, -0.05) is 18.2 Å².